The van der Waals surface area contributed by atoms with Crippen molar-refractivity contribution < 1.29 is 14.3 Å². The standard InChI is InChI=1S/C15H20BNO3/c1-10-13-14(16)20-15(10,9-17-13)7-12(18)19-8-11-5-3-2-4-6-11/h2-6,10,13-14,17H,7-9,16H2,1H3/t10-,13?,14-,15+/m1/s1. The maximum absolute atomic E-state index is 12.1. The van der Waals surface area contributed by atoms with Crippen molar-refractivity contribution in [3.8, 4) is 0 Å². The molecule has 1 unspecified atom stereocenters. The summed E-state index contributed by atoms with van der Waals surface area (Å²) in [5.74, 6) is 0.166. The van der Waals surface area contributed by atoms with Crippen LogP contribution in [0.2, 0.25) is 0 Å². The van der Waals surface area contributed by atoms with Gasteiger partial charge in [0.2, 0.25) is 0 Å². The number of nitrogens with one attached hydrogen (secondary N) is 1. The van der Waals surface area contributed by atoms with Crippen LogP contribution in [0.4, 0.5) is 0 Å². The van der Waals surface area contributed by atoms with Gasteiger partial charge in [0.15, 0.2) is 0 Å². The number of hydrogen-bond acceptors (Lipinski definition) is 4. The van der Waals surface area contributed by atoms with Gasteiger partial charge in [0.1, 0.15) is 14.5 Å². The fraction of sp³-hybridized carbons (Fsp3) is 0.533. The normalized spacial score (nSPS) is 35.1. The monoisotopic (exact) mass is 273 g/mol. The number of benzene rings is 1. The number of ether oxygens (including phenoxy) is 2. The van der Waals surface area contributed by atoms with Gasteiger partial charge in [-0.05, 0) is 5.56 Å². The topological polar surface area (TPSA) is 47.6 Å². The summed E-state index contributed by atoms with van der Waals surface area (Å²) in [4.78, 5) is 12.1. The Hall–Kier alpha value is -1.33. The highest BCUT2D eigenvalue weighted by Gasteiger charge is 2.56. The molecule has 0 radical (unpaired) electrons. The Morgan fingerprint density at radius 3 is 2.85 bits per heavy atom. The predicted octanol–water partition coefficient (Wildman–Crippen LogP) is 0.456. The largest absolute Gasteiger partial charge is 0.461 e. The number of fused-ring (bicyclic) bond motifs is 2. The Bertz CT molecular complexity index is 495. The van der Waals surface area contributed by atoms with Crippen LogP contribution >= 0.6 is 0 Å². The minimum absolute atomic E-state index is 0.167. The zero-order valence-electron chi connectivity index (χ0n) is 12.0. The lowest BCUT2D eigenvalue weighted by Crippen LogP contribution is -2.46. The summed E-state index contributed by atoms with van der Waals surface area (Å²) >= 11 is 0. The van der Waals surface area contributed by atoms with Crippen molar-refractivity contribution in [2.75, 3.05) is 6.54 Å². The maximum Gasteiger partial charge on any atom is 0.309 e. The van der Waals surface area contributed by atoms with Gasteiger partial charge in [0.05, 0.1) is 12.0 Å². The second-order valence-electron chi connectivity index (χ2n) is 5.91. The summed E-state index contributed by atoms with van der Waals surface area (Å²) in [7, 11) is 2.06. The third kappa shape index (κ3) is 2.36. The van der Waals surface area contributed by atoms with Crippen molar-refractivity contribution in [3.05, 3.63) is 35.9 Å². The lowest BCUT2D eigenvalue weighted by Gasteiger charge is -2.30. The highest BCUT2D eigenvalue weighted by atomic mass is 16.5. The number of carbonyl (C=O) groups is 1. The van der Waals surface area contributed by atoms with Gasteiger partial charge in [0, 0.05) is 24.5 Å². The summed E-state index contributed by atoms with van der Waals surface area (Å²) in [5, 5.41) is 3.44. The summed E-state index contributed by atoms with van der Waals surface area (Å²) < 4.78 is 11.4. The Morgan fingerprint density at radius 2 is 2.25 bits per heavy atom. The molecule has 0 saturated carbocycles. The third-order valence-electron chi connectivity index (χ3n) is 4.62. The van der Waals surface area contributed by atoms with E-state index in [2.05, 4.69) is 20.1 Å². The number of carbonyl (C=O) groups excluding carboxylic acids is 1. The Balaban J connectivity index is 1.57. The molecule has 0 amide bonds. The first-order valence-corrected chi connectivity index (χ1v) is 7.21. The molecule has 2 aliphatic heterocycles. The van der Waals surface area contributed by atoms with E-state index in [0.29, 0.717) is 25.0 Å². The van der Waals surface area contributed by atoms with E-state index in [1.807, 2.05) is 30.3 Å². The van der Waals surface area contributed by atoms with Crippen molar-refractivity contribution in [1.82, 2.24) is 5.32 Å². The van der Waals surface area contributed by atoms with Crippen LogP contribution in [-0.2, 0) is 20.9 Å². The fourth-order valence-corrected chi connectivity index (χ4v) is 3.42. The quantitative estimate of drug-likeness (QED) is 0.639. The van der Waals surface area contributed by atoms with Gasteiger partial charge in [-0.1, -0.05) is 37.3 Å². The molecule has 4 nitrogen and oxygen atoms in total. The summed E-state index contributed by atoms with van der Waals surface area (Å²) in [5.41, 5.74) is 0.632. The Morgan fingerprint density at radius 1 is 1.50 bits per heavy atom. The lowest BCUT2D eigenvalue weighted by molar-refractivity contribution is -0.153. The van der Waals surface area contributed by atoms with E-state index in [-0.39, 0.29) is 17.6 Å². The van der Waals surface area contributed by atoms with Gasteiger partial charge in [0.25, 0.3) is 0 Å². The molecule has 3 rings (SSSR count). The zero-order valence-corrected chi connectivity index (χ0v) is 12.0. The van der Waals surface area contributed by atoms with Crippen molar-refractivity contribution in [2.24, 2.45) is 5.92 Å². The van der Waals surface area contributed by atoms with Crippen LogP contribution in [0.15, 0.2) is 30.3 Å². The van der Waals surface area contributed by atoms with Crippen LogP contribution in [0.1, 0.15) is 18.9 Å². The van der Waals surface area contributed by atoms with Crippen LogP contribution in [0.25, 0.3) is 0 Å². The predicted molar refractivity (Wildman–Crippen MR) is 78.0 cm³/mol. The number of rotatable bonds is 4. The molecule has 2 saturated heterocycles. The summed E-state index contributed by atoms with van der Waals surface area (Å²) in [6.45, 7) is 3.22. The van der Waals surface area contributed by atoms with Crippen molar-refractivity contribution in [1.29, 1.82) is 0 Å². The number of hydrogen-bond donors (Lipinski definition) is 1. The molecule has 5 heteroatoms. The molecule has 4 atom stereocenters. The van der Waals surface area contributed by atoms with Gasteiger partial charge in [-0.15, -0.1) is 0 Å². The SMILES string of the molecule is B[C@@H]1O[C@@]2(CC(=O)OCc3ccccc3)CNC1[C@H]2C. The first-order chi connectivity index (χ1) is 9.61. The van der Waals surface area contributed by atoms with Gasteiger partial charge in [-0.2, -0.15) is 0 Å². The van der Waals surface area contributed by atoms with Gasteiger partial charge in [-0.3, -0.25) is 4.79 Å². The van der Waals surface area contributed by atoms with E-state index in [4.69, 9.17) is 9.47 Å². The molecule has 2 aliphatic rings. The van der Waals surface area contributed by atoms with Gasteiger partial charge < -0.3 is 14.8 Å². The minimum atomic E-state index is -0.377. The molecule has 1 N–H and O–H groups in total. The van der Waals surface area contributed by atoms with Crippen molar-refractivity contribution in [2.45, 2.75) is 37.6 Å². The number of esters is 1. The molecule has 2 heterocycles. The Kier molecular flexibility index (Phi) is 3.56. The lowest BCUT2D eigenvalue weighted by atomic mass is 9.84. The first-order valence-electron chi connectivity index (χ1n) is 7.21. The molecular weight excluding hydrogens is 253 g/mol. The average Bonchev–Trinajstić information content (AvgIpc) is 2.86. The second-order valence-corrected chi connectivity index (χ2v) is 5.91. The third-order valence-corrected chi connectivity index (χ3v) is 4.62. The van der Waals surface area contributed by atoms with Crippen molar-refractivity contribution in [3.63, 3.8) is 0 Å². The van der Waals surface area contributed by atoms with Gasteiger partial charge in [-0.25, -0.2) is 0 Å². The molecule has 1 aromatic carbocycles. The van der Waals surface area contributed by atoms with Crippen LogP contribution in [0.3, 0.4) is 0 Å². The highest BCUT2D eigenvalue weighted by Crippen LogP contribution is 2.42. The smallest absolute Gasteiger partial charge is 0.309 e. The van der Waals surface area contributed by atoms with E-state index in [0.717, 1.165) is 12.1 Å². The van der Waals surface area contributed by atoms with Crippen LogP contribution in [0.5, 0.6) is 0 Å². The number of morpholine rings is 1. The Labute approximate surface area is 120 Å². The molecule has 106 valence electrons. The van der Waals surface area contributed by atoms with E-state index in [9.17, 15) is 4.79 Å². The maximum atomic E-state index is 12.1. The molecule has 0 spiro atoms. The van der Waals surface area contributed by atoms with Crippen molar-refractivity contribution >= 4 is 13.8 Å². The van der Waals surface area contributed by atoms with E-state index >= 15 is 0 Å². The average molecular weight is 273 g/mol. The van der Waals surface area contributed by atoms with E-state index in [1.54, 1.807) is 0 Å². The molecular formula is C15H20BNO3. The molecule has 20 heavy (non-hydrogen) atoms. The zero-order chi connectivity index (χ0) is 14.2. The van der Waals surface area contributed by atoms with E-state index < -0.39 is 0 Å². The first kappa shape index (κ1) is 13.6. The minimum Gasteiger partial charge on any atom is -0.461 e. The van der Waals surface area contributed by atoms with Gasteiger partial charge >= 0.3 is 5.97 Å². The summed E-state index contributed by atoms with van der Waals surface area (Å²) in [6.07, 6.45) is 0.328. The molecule has 2 bridgehead atoms. The van der Waals surface area contributed by atoms with E-state index in [1.165, 1.54) is 0 Å². The molecule has 2 fully saturated rings. The fourth-order valence-electron chi connectivity index (χ4n) is 3.42. The van der Waals surface area contributed by atoms with Crippen LogP contribution in [-0.4, -0.2) is 38.0 Å². The summed E-state index contributed by atoms with van der Waals surface area (Å²) in [6, 6.07) is 10.3. The molecule has 1 aromatic rings. The molecule has 0 aliphatic carbocycles. The van der Waals surface area contributed by atoms with Crippen LogP contribution < -0.4 is 5.32 Å². The second kappa shape index (κ2) is 5.22. The highest BCUT2D eigenvalue weighted by molar-refractivity contribution is 6.12. The van der Waals surface area contributed by atoms with Crippen LogP contribution in [0, 0.1) is 5.92 Å². The molecule has 0 aromatic heterocycles.